The molecule has 0 atom stereocenters. The van der Waals surface area contributed by atoms with Crippen molar-refractivity contribution in [3.8, 4) is 11.5 Å². The topological polar surface area (TPSA) is 138 Å². The van der Waals surface area contributed by atoms with Crippen molar-refractivity contribution in [2.24, 2.45) is 0 Å². The lowest BCUT2D eigenvalue weighted by Gasteiger charge is -2.09. The van der Waals surface area contributed by atoms with Crippen molar-refractivity contribution in [2.75, 3.05) is 15.5 Å². The summed E-state index contributed by atoms with van der Waals surface area (Å²) < 4.78 is 11.2. The van der Waals surface area contributed by atoms with Crippen LogP contribution in [0.3, 0.4) is 0 Å². The number of amides is 3. The number of hydrogen-bond donors (Lipinski definition) is 3. The van der Waals surface area contributed by atoms with Crippen LogP contribution in [0.4, 0.5) is 27.4 Å². The van der Waals surface area contributed by atoms with Crippen LogP contribution in [0.5, 0.6) is 11.5 Å². The predicted molar refractivity (Wildman–Crippen MR) is 134 cm³/mol. The number of aromatic amines is 1. The van der Waals surface area contributed by atoms with Crippen molar-refractivity contribution in [1.82, 2.24) is 20.2 Å². The van der Waals surface area contributed by atoms with Gasteiger partial charge >= 0.3 is 6.03 Å². The monoisotopic (exact) mass is 501 g/mol. The van der Waals surface area contributed by atoms with Gasteiger partial charge in [0.2, 0.25) is 23.4 Å². The highest BCUT2D eigenvalue weighted by Crippen LogP contribution is 2.42. The molecule has 0 radical (unpaired) electrons. The molecular formula is C24H19N7O4S. The predicted octanol–water partition coefficient (Wildman–Crippen LogP) is 5.62. The Hall–Kier alpha value is -4.71. The van der Waals surface area contributed by atoms with Gasteiger partial charge in [-0.3, -0.25) is 10.1 Å². The van der Waals surface area contributed by atoms with E-state index in [0.29, 0.717) is 57.5 Å². The summed E-state index contributed by atoms with van der Waals surface area (Å²) in [5.74, 6) is 2.35. The first-order valence-corrected chi connectivity index (χ1v) is 11.9. The maximum Gasteiger partial charge on any atom is 0.325 e. The quantitative estimate of drug-likeness (QED) is 0.235. The first kappa shape index (κ1) is 21.8. The van der Waals surface area contributed by atoms with Gasteiger partial charge in [0.05, 0.1) is 17.3 Å². The molecule has 5 aromatic rings. The van der Waals surface area contributed by atoms with Crippen LogP contribution in [0.1, 0.15) is 23.8 Å². The van der Waals surface area contributed by atoms with E-state index in [1.807, 2.05) is 0 Å². The molecule has 3 heterocycles. The second-order valence-electron chi connectivity index (χ2n) is 8.09. The number of ether oxygens (including phenoxy) is 1. The summed E-state index contributed by atoms with van der Waals surface area (Å²) in [4.78, 5) is 32.6. The number of nitrogens with zero attached hydrogens (tertiary/aromatic N) is 4. The second-order valence-corrected chi connectivity index (χ2v) is 9.10. The molecule has 1 fully saturated rings. The lowest BCUT2D eigenvalue weighted by molar-refractivity contribution is -0.107. The van der Waals surface area contributed by atoms with Crippen molar-refractivity contribution in [3.05, 3.63) is 65.9 Å². The van der Waals surface area contributed by atoms with Gasteiger partial charge in [-0.15, -0.1) is 10.2 Å². The number of carbonyl (C=O) groups excluding carboxylic acids is 2. The largest absolute Gasteiger partial charge is 0.457 e. The molecule has 1 saturated carbocycles. The summed E-state index contributed by atoms with van der Waals surface area (Å²) in [5, 5.41) is 15.1. The minimum absolute atomic E-state index is 0.332. The van der Waals surface area contributed by atoms with E-state index in [9.17, 15) is 9.59 Å². The molecule has 180 valence electrons. The van der Waals surface area contributed by atoms with Gasteiger partial charge in [-0.2, -0.15) is 0 Å². The third-order valence-electron chi connectivity index (χ3n) is 5.45. The van der Waals surface area contributed by atoms with Crippen LogP contribution in [-0.4, -0.2) is 32.6 Å². The summed E-state index contributed by atoms with van der Waals surface area (Å²) in [6.07, 6.45) is 4.38. The van der Waals surface area contributed by atoms with E-state index in [2.05, 4.69) is 30.8 Å². The molecule has 3 aromatic heterocycles. The molecule has 0 aliphatic heterocycles. The summed E-state index contributed by atoms with van der Waals surface area (Å²) in [5.41, 5.74) is 1.96. The van der Waals surface area contributed by atoms with Gasteiger partial charge < -0.3 is 19.5 Å². The van der Waals surface area contributed by atoms with E-state index in [4.69, 9.17) is 9.15 Å². The Kier molecular flexibility index (Phi) is 5.54. The fourth-order valence-corrected chi connectivity index (χ4v) is 4.46. The van der Waals surface area contributed by atoms with Gasteiger partial charge in [-0.05, 0) is 55.3 Å². The van der Waals surface area contributed by atoms with Crippen LogP contribution in [-0.2, 0) is 4.79 Å². The molecule has 0 saturated heterocycles. The molecule has 6 rings (SSSR count). The number of urea groups is 1. The number of aromatic nitrogens is 4. The zero-order valence-electron chi connectivity index (χ0n) is 18.7. The van der Waals surface area contributed by atoms with Gasteiger partial charge in [-0.25, -0.2) is 14.7 Å². The standard InChI is InChI=1S/C24H19N7O4S/c32-13-31(20-2-1-11-34-20)22-26-18-10-9-17(12-19(18)27-22)35-16-7-5-15(6-8-16)25-23(33)28-24-30-29-21(36-24)14-3-4-14/h1-2,5-14H,3-4H2,(H,26,27)(H2,25,28,30,33). The van der Waals surface area contributed by atoms with Crippen molar-refractivity contribution < 1.29 is 18.7 Å². The number of imidazole rings is 1. The number of hydrogen-bond acceptors (Lipinski definition) is 8. The molecule has 1 aliphatic rings. The van der Waals surface area contributed by atoms with Gasteiger partial charge in [0.1, 0.15) is 16.5 Å². The third-order valence-corrected chi connectivity index (χ3v) is 6.45. The van der Waals surface area contributed by atoms with Gasteiger partial charge in [0, 0.05) is 23.7 Å². The molecule has 3 N–H and O–H groups in total. The molecule has 2 aromatic carbocycles. The van der Waals surface area contributed by atoms with Crippen molar-refractivity contribution >= 4 is 57.5 Å². The Morgan fingerprint density at radius 1 is 1.11 bits per heavy atom. The molecule has 0 spiro atoms. The van der Waals surface area contributed by atoms with E-state index < -0.39 is 0 Å². The molecule has 11 nitrogen and oxygen atoms in total. The average Bonchev–Trinajstić information content (AvgIpc) is 3.22. The number of carbonyl (C=O) groups is 2. The second kappa shape index (κ2) is 9.15. The number of rotatable bonds is 8. The smallest absolute Gasteiger partial charge is 0.325 e. The van der Waals surface area contributed by atoms with Crippen molar-refractivity contribution in [1.29, 1.82) is 0 Å². The zero-order chi connectivity index (χ0) is 24.5. The van der Waals surface area contributed by atoms with Crippen LogP contribution in [0.2, 0.25) is 0 Å². The number of nitrogens with one attached hydrogen (secondary N) is 3. The molecule has 3 amide bonds. The Labute approximate surface area is 208 Å². The molecular weight excluding hydrogens is 482 g/mol. The van der Waals surface area contributed by atoms with E-state index in [-0.39, 0.29) is 6.03 Å². The Balaban J connectivity index is 1.10. The minimum atomic E-state index is -0.387. The number of anilines is 4. The highest BCUT2D eigenvalue weighted by atomic mass is 32.1. The van der Waals surface area contributed by atoms with Crippen LogP contribution in [0.15, 0.2) is 65.3 Å². The average molecular weight is 502 g/mol. The maximum atomic E-state index is 12.3. The SMILES string of the molecule is O=CN(c1nc2ccc(Oc3ccc(NC(=O)Nc4nnc(C5CC5)s4)cc3)cc2[nH]1)c1ccco1. The summed E-state index contributed by atoms with van der Waals surface area (Å²) >= 11 is 1.40. The molecule has 36 heavy (non-hydrogen) atoms. The summed E-state index contributed by atoms with van der Waals surface area (Å²) in [6, 6.07) is 15.3. The lowest BCUT2D eigenvalue weighted by atomic mass is 10.3. The maximum absolute atomic E-state index is 12.3. The summed E-state index contributed by atoms with van der Waals surface area (Å²) in [7, 11) is 0. The summed E-state index contributed by atoms with van der Waals surface area (Å²) in [6.45, 7) is 0. The van der Waals surface area contributed by atoms with Crippen LogP contribution in [0, 0.1) is 0 Å². The van der Waals surface area contributed by atoms with Gasteiger partial charge in [0.15, 0.2) is 0 Å². The Morgan fingerprint density at radius 2 is 1.94 bits per heavy atom. The van der Waals surface area contributed by atoms with Crippen LogP contribution >= 0.6 is 11.3 Å². The highest BCUT2D eigenvalue weighted by molar-refractivity contribution is 7.15. The molecule has 1 aliphatic carbocycles. The van der Waals surface area contributed by atoms with Gasteiger partial charge in [-0.1, -0.05) is 11.3 Å². The Morgan fingerprint density at radius 3 is 2.69 bits per heavy atom. The fourth-order valence-electron chi connectivity index (χ4n) is 3.55. The molecule has 0 unspecified atom stereocenters. The Bertz CT molecular complexity index is 1520. The minimum Gasteiger partial charge on any atom is -0.457 e. The van der Waals surface area contributed by atoms with Crippen molar-refractivity contribution in [3.63, 3.8) is 0 Å². The van der Waals surface area contributed by atoms with E-state index in [1.54, 1.807) is 54.6 Å². The first-order chi connectivity index (χ1) is 17.6. The van der Waals surface area contributed by atoms with Crippen LogP contribution in [0.25, 0.3) is 11.0 Å². The highest BCUT2D eigenvalue weighted by Gasteiger charge is 2.27. The van der Waals surface area contributed by atoms with Crippen LogP contribution < -0.4 is 20.3 Å². The first-order valence-electron chi connectivity index (χ1n) is 11.1. The number of furan rings is 1. The zero-order valence-corrected chi connectivity index (χ0v) is 19.5. The number of fused-ring (bicyclic) bond motifs is 1. The third kappa shape index (κ3) is 4.61. The molecule has 0 bridgehead atoms. The van der Waals surface area contributed by atoms with Crippen molar-refractivity contribution in [2.45, 2.75) is 18.8 Å². The van der Waals surface area contributed by atoms with E-state index in [0.717, 1.165) is 17.8 Å². The number of H-pyrrole nitrogens is 1. The fraction of sp³-hybridized carbons (Fsp3) is 0.125. The van der Waals surface area contributed by atoms with E-state index in [1.165, 1.54) is 22.5 Å². The molecule has 12 heteroatoms. The number of benzene rings is 2. The normalized spacial score (nSPS) is 12.9. The lowest BCUT2D eigenvalue weighted by Crippen LogP contribution is -2.19. The van der Waals surface area contributed by atoms with E-state index >= 15 is 0 Å². The van der Waals surface area contributed by atoms with Gasteiger partial charge in [0.25, 0.3) is 0 Å².